The normalized spacial score (nSPS) is 30.3. The van der Waals surface area contributed by atoms with Gasteiger partial charge in [-0.3, -0.25) is 4.79 Å². The van der Waals surface area contributed by atoms with Gasteiger partial charge in [-0.2, -0.15) is 0 Å². The van der Waals surface area contributed by atoms with Crippen molar-refractivity contribution in [3.05, 3.63) is 36.4 Å². The van der Waals surface area contributed by atoms with Gasteiger partial charge in [0.1, 0.15) is 11.9 Å². The van der Waals surface area contributed by atoms with Crippen LogP contribution in [0.15, 0.2) is 41.3 Å². The molecule has 1 unspecified atom stereocenters. The van der Waals surface area contributed by atoms with Gasteiger partial charge in [0.2, 0.25) is 5.91 Å². The Balaban J connectivity index is 1.83. The van der Waals surface area contributed by atoms with E-state index in [4.69, 9.17) is 4.74 Å². The Kier molecular flexibility index (Phi) is 3.04. The third-order valence-corrected chi connectivity index (χ3v) is 4.55. The quantitative estimate of drug-likeness (QED) is 0.842. The van der Waals surface area contributed by atoms with E-state index in [1.54, 1.807) is 6.08 Å². The van der Waals surface area contributed by atoms with Crippen LogP contribution in [0.2, 0.25) is 0 Å². The summed E-state index contributed by atoms with van der Waals surface area (Å²) in [6.45, 7) is 2.84. The van der Waals surface area contributed by atoms with Gasteiger partial charge in [0.15, 0.2) is 0 Å². The van der Waals surface area contributed by atoms with Gasteiger partial charge < -0.3 is 10.1 Å². The Morgan fingerprint density at radius 2 is 2.22 bits per heavy atom. The highest BCUT2D eigenvalue weighted by atomic mass is 32.2. The molecule has 2 aliphatic heterocycles. The summed E-state index contributed by atoms with van der Waals surface area (Å²) in [5.74, 6) is 1.19. The van der Waals surface area contributed by atoms with Crippen LogP contribution >= 0.6 is 11.8 Å². The number of ether oxygens (including phenoxy) is 1. The topological polar surface area (TPSA) is 38.3 Å². The first-order valence-electron chi connectivity index (χ1n) is 6.12. The summed E-state index contributed by atoms with van der Waals surface area (Å²) in [7, 11) is 0. The van der Waals surface area contributed by atoms with E-state index < -0.39 is 0 Å². The van der Waals surface area contributed by atoms with Gasteiger partial charge in [-0.15, -0.1) is 11.8 Å². The Bertz CT molecular complexity index is 500. The molecule has 4 heteroatoms. The summed E-state index contributed by atoms with van der Waals surface area (Å²) >= 11 is 1.84. The number of carbonyl (C=O) groups is 1. The van der Waals surface area contributed by atoms with E-state index >= 15 is 0 Å². The van der Waals surface area contributed by atoms with Gasteiger partial charge in [-0.25, -0.2) is 0 Å². The second kappa shape index (κ2) is 4.69. The molecule has 2 heterocycles. The molecule has 1 aromatic carbocycles. The number of thioether (sulfide) groups is 1. The van der Waals surface area contributed by atoms with Crippen molar-refractivity contribution in [3.63, 3.8) is 0 Å². The molecule has 0 spiro atoms. The van der Waals surface area contributed by atoms with Crippen LogP contribution in [0.1, 0.15) is 6.92 Å². The van der Waals surface area contributed by atoms with E-state index in [-0.39, 0.29) is 17.9 Å². The second-order valence-corrected chi connectivity index (χ2v) is 6.04. The molecule has 0 saturated heterocycles. The lowest BCUT2D eigenvalue weighted by molar-refractivity contribution is -0.117. The van der Waals surface area contributed by atoms with Crippen LogP contribution in [-0.2, 0) is 4.79 Å². The van der Waals surface area contributed by atoms with Crippen LogP contribution in [0.25, 0.3) is 0 Å². The average molecular weight is 261 g/mol. The molecule has 0 bridgehead atoms. The molecule has 1 N–H and O–H groups in total. The number of amides is 1. The maximum atomic E-state index is 11.1. The number of nitrogens with one attached hydrogen (secondary N) is 1. The zero-order chi connectivity index (χ0) is 12.5. The predicted octanol–water partition coefficient (Wildman–Crippen LogP) is 2.23. The molecule has 0 saturated carbocycles. The molecular formula is C14H15NO2S. The lowest BCUT2D eigenvalue weighted by Crippen LogP contribution is -2.44. The lowest BCUT2D eigenvalue weighted by atomic mass is 9.96. The molecule has 1 aromatic rings. The summed E-state index contributed by atoms with van der Waals surface area (Å²) in [5.41, 5.74) is 0. The SMILES string of the molecule is C[C@@H]1Sc2ccccc2O[C@H]1C1C=CC(=O)NC1. The van der Waals surface area contributed by atoms with Crippen LogP contribution < -0.4 is 10.1 Å². The van der Waals surface area contributed by atoms with Crippen molar-refractivity contribution in [1.29, 1.82) is 0 Å². The summed E-state index contributed by atoms with van der Waals surface area (Å²) in [4.78, 5) is 12.3. The van der Waals surface area contributed by atoms with Crippen molar-refractivity contribution in [2.24, 2.45) is 5.92 Å². The van der Waals surface area contributed by atoms with Gasteiger partial charge in [0, 0.05) is 22.6 Å². The molecule has 94 valence electrons. The molecule has 18 heavy (non-hydrogen) atoms. The number of carbonyl (C=O) groups excluding carboxylic acids is 1. The highest BCUT2D eigenvalue weighted by Crippen LogP contribution is 2.41. The van der Waals surface area contributed by atoms with E-state index in [9.17, 15) is 4.79 Å². The fourth-order valence-corrected chi connectivity index (χ4v) is 3.55. The Hall–Kier alpha value is -1.42. The van der Waals surface area contributed by atoms with Gasteiger partial charge in [-0.05, 0) is 25.1 Å². The lowest BCUT2D eigenvalue weighted by Gasteiger charge is -2.36. The monoisotopic (exact) mass is 261 g/mol. The smallest absolute Gasteiger partial charge is 0.243 e. The van der Waals surface area contributed by atoms with Crippen LogP contribution in [0.3, 0.4) is 0 Å². The zero-order valence-corrected chi connectivity index (χ0v) is 10.9. The van der Waals surface area contributed by atoms with Crippen LogP contribution in [0, 0.1) is 5.92 Å². The summed E-state index contributed by atoms with van der Waals surface area (Å²) < 4.78 is 6.10. The highest BCUT2D eigenvalue weighted by molar-refractivity contribution is 8.00. The molecule has 3 rings (SSSR count). The van der Waals surface area contributed by atoms with Gasteiger partial charge in [-0.1, -0.05) is 18.2 Å². The van der Waals surface area contributed by atoms with Gasteiger partial charge in [0.25, 0.3) is 0 Å². The van der Waals surface area contributed by atoms with Crippen LogP contribution in [0.5, 0.6) is 5.75 Å². The number of hydrogen-bond donors (Lipinski definition) is 1. The maximum Gasteiger partial charge on any atom is 0.243 e. The van der Waals surface area contributed by atoms with Crippen molar-refractivity contribution in [2.45, 2.75) is 23.2 Å². The van der Waals surface area contributed by atoms with E-state index in [0.29, 0.717) is 11.8 Å². The summed E-state index contributed by atoms with van der Waals surface area (Å²) in [6.07, 6.45) is 3.69. The average Bonchev–Trinajstić information content (AvgIpc) is 2.39. The van der Waals surface area contributed by atoms with E-state index in [0.717, 1.165) is 5.75 Å². The number of benzene rings is 1. The van der Waals surface area contributed by atoms with Crippen molar-refractivity contribution >= 4 is 17.7 Å². The Labute approximate surface area is 111 Å². The minimum Gasteiger partial charge on any atom is -0.487 e. The third kappa shape index (κ3) is 2.12. The minimum absolute atomic E-state index is 0.0113. The third-order valence-electron chi connectivity index (χ3n) is 3.32. The molecular weight excluding hydrogens is 246 g/mol. The number of rotatable bonds is 1. The maximum absolute atomic E-state index is 11.1. The number of fused-ring (bicyclic) bond motifs is 1. The standard InChI is InChI=1S/C14H15NO2S/c1-9-14(10-6-7-13(16)15-8-10)17-11-4-2-3-5-12(11)18-9/h2-7,9-10,14H,8H2,1H3,(H,15,16)/t9-,10?,14+/m0/s1. The highest BCUT2D eigenvalue weighted by Gasteiger charge is 2.33. The first-order chi connectivity index (χ1) is 8.74. The number of hydrogen-bond acceptors (Lipinski definition) is 3. The van der Waals surface area contributed by atoms with Gasteiger partial charge >= 0.3 is 0 Å². The summed E-state index contributed by atoms with van der Waals surface area (Å²) in [5, 5.41) is 3.24. The Morgan fingerprint density at radius 1 is 1.39 bits per heavy atom. The molecule has 0 aromatic heterocycles. The molecule has 3 atom stereocenters. The largest absolute Gasteiger partial charge is 0.487 e. The molecule has 0 radical (unpaired) electrons. The van der Waals surface area contributed by atoms with E-state index in [1.165, 1.54) is 4.90 Å². The molecule has 3 nitrogen and oxygen atoms in total. The van der Waals surface area contributed by atoms with Crippen molar-refractivity contribution in [2.75, 3.05) is 6.54 Å². The van der Waals surface area contributed by atoms with E-state index in [1.807, 2.05) is 36.0 Å². The zero-order valence-electron chi connectivity index (χ0n) is 10.1. The molecule has 2 aliphatic rings. The van der Waals surface area contributed by atoms with Crippen LogP contribution in [-0.4, -0.2) is 23.8 Å². The van der Waals surface area contributed by atoms with Crippen LogP contribution in [0.4, 0.5) is 0 Å². The molecule has 0 fully saturated rings. The van der Waals surface area contributed by atoms with Gasteiger partial charge in [0.05, 0.1) is 0 Å². The predicted molar refractivity (Wildman–Crippen MR) is 71.8 cm³/mol. The van der Waals surface area contributed by atoms with E-state index in [2.05, 4.69) is 18.3 Å². The first-order valence-corrected chi connectivity index (χ1v) is 7.00. The van der Waals surface area contributed by atoms with Crippen molar-refractivity contribution in [1.82, 2.24) is 5.32 Å². The molecule has 1 amide bonds. The van der Waals surface area contributed by atoms with Crippen molar-refractivity contribution < 1.29 is 9.53 Å². The van der Waals surface area contributed by atoms with Crippen molar-refractivity contribution in [3.8, 4) is 5.75 Å². The second-order valence-electron chi connectivity index (χ2n) is 4.62. The fraction of sp³-hybridized carbons (Fsp3) is 0.357. The fourth-order valence-electron chi connectivity index (χ4n) is 2.37. The number of para-hydroxylation sites is 1. The Morgan fingerprint density at radius 3 is 3.00 bits per heavy atom. The molecule has 0 aliphatic carbocycles. The first kappa shape index (κ1) is 11.7. The minimum atomic E-state index is -0.0113. The summed E-state index contributed by atoms with van der Waals surface area (Å²) in [6, 6.07) is 8.12.